The minimum atomic E-state index is -3.42. The molecule has 2 aliphatic heterocycles. The maximum atomic E-state index is 12.6. The van der Waals surface area contributed by atoms with Gasteiger partial charge in [0.2, 0.25) is 21.8 Å². The van der Waals surface area contributed by atoms with Gasteiger partial charge in [-0.3, -0.25) is 9.59 Å². The SMILES string of the molecule is CN(C1CCN(c2ccc(N3CCNCC3=O)cc2)C1=O)S(C)(=O)=O. The Morgan fingerprint density at radius 1 is 1.08 bits per heavy atom. The standard InChI is InChI=1S/C16H22N4O4S/c1-18(25(2,23)24)14-7-9-20(16(14)22)13-5-3-12(4-6-13)19-10-8-17-11-15(19)21/h3-6,14,17H,7-11H2,1-2H3. The van der Waals surface area contributed by atoms with Crippen molar-refractivity contribution in [2.75, 3.05) is 49.3 Å². The number of rotatable bonds is 4. The van der Waals surface area contributed by atoms with Gasteiger partial charge in [0.1, 0.15) is 6.04 Å². The minimum Gasteiger partial charge on any atom is -0.311 e. The van der Waals surface area contributed by atoms with Crippen molar-refractivity contribution in [1.29, 1.82) is 0 Å². The third-order valence-corrected chi connectivity index (χ3v) is 6.00. The molecule has 1 aromatic rings. The number of piperazine rings is 1. The van der Waals surface area contributed by atoms with E-state index in [1.807, 2.05) is 12.1 Å². The van der Waals surface area contributed by atoms with Gasteiger partial charge in [-0.05, 0) is 30.7 Å². The van der Waals surface area contributed by atoms with Gasteiger partial charge in [0.25, 0.3) is 0 Å². The quantitative estimate of drug-likeness (QED) is 0.785. The first kappa shape index (κ1) is 17.8. The van der Waals surface area contributed by atoms with E-state index in [4.69, 9.17) is 0 Å². The third kappa shape index (κ3) is 3.53. The molecule has 0 bridgehead atoms. The minimum absolute atomic E-state index is 0.0195. The average molecular weight is 366 g/mol. The Morgan fingerprint density at radius 2 is 1.68 bits per heavy atom. The Labute approximate surface area is 147 Å². The van der Waals surface area contributed by atoms with Crippen LogP contribution < -0.4 is 15.1 Å². The van der Waals surface area contributed by atoms with Gasteiger partial charge in [-0.2, -0.15) is 4.31 Å². The van der Waals surface area contributed by atoms with E-state index < -0.39 is 16.1 Å². The Balaban J connectivity index is 1.75. The van der Waals surface area contributed by atoms with Crippen LogP contribution in [0.2, 0.25) is 0 Å². The normalized spacial score (nSPS) is 22.1. The van der Waals surface area contributed by atoms with Crippen LogP contribution in [-0.2, 0) is 19.6 Å². The number of nitrogens with zero attached hydrogens (tertiary/aromatic N) is 3. The van der Waals surface area contributed by atoms with Crippen LogP contribution in [0.4, 0.5) is 11.4 Å². The summed E-state index contributed by atoms with van der Waals surface area (Å²) in [7, 11) is -1.99. The molecule has 0 spiro atoms. The zero-order valence-corrected chi connectivity index (χ0v) is 15.1. The van der Waals surface area contributed by atoms with E-state index in [1.54, 1.807) is 21.9 Å². The first-order chi connectivity index (χ1) is 11.8. The zero-order chi connectivity index (χ0) is 18.2. The van der Waals surface area contributed by atoms with Crippen LogP contribution in [0.15, 0.2) is 24.3 Å². The molecule has 9 heteroatoms. The van der Waals surface area contributed by atoms with Crippen molar-refractivity contribution in [2.45, 2.75) is 12.5 Å². The summed E-state index contributed by atoms with van der Waals surface area (Å²) in [5.74, 6) is -0.204. The Bertz CT molecular complexity index is 778. The van der Waals surface area contributed by atoms with E-state index in [1.165, 1.54) is 7.05 Å². The van der Waals surface area contributed by atoms with Gasteiger partial charge in [-0.25, -0.2) is 8.42 Å². The summed E-state index contributed by atoms with van der Waals surface area (Å²) in [6.07, 6.45) is 1.56. The lowest BCUT2D eigenvalue weighted by Crippen LogP contribution is -2.48. The molecule has 0 aromatic heterocycles. The van der Waals surface area contributed by atoms with E-state index in [0.717, 1.165) is 22.8 Å². The molecule has 1 N–H and O–H groups in total. The van der Waals surface area contributed by atoms with E-state index >= 15 is 0 Å². The second-order valence-corrected chi connectivity index (χ2v) is 8.35. The van der Waals surface area contributed by atoms with Gasteiger partial charge in [-0.1, -0.05) is 0 Å². The topological polar surface area (TPSA) is 90.0 Å². The summed E-state index contributed by atoms with van der Waals surface area (Å²) < 4.78 is 24.5. The number of hydrogen-bond acceptors (Lipinski definition) is 5. The van der Waals surface area contributed by atoms with Gasteiger partial charge < -0.3 is 15.1 Å². The van der Waals surface area contributed by atoms with Crippen LogP contribution >= 0.6 is 0 Å². The molecule has 1 atom stereocenters. The third-order valence-electron chi connectivity index (χ3n) is 4.70. The van der Waals surface area contributed by atoms with Gasteiger partial charge in [0.05, 0.1) is 12.8 Å². The Kier molecular flexibility index (Phi) is 4.81. The highest BCUT2D eigenvalue weighted by molar-refractivity contribution is 7.88. The van der Waals surface area contributed by atoms with Gasteiger partial charge >= 0.3 is 0 Å². The van der Waals surface area contributed by atoms with E-state index in [2.05, 4.69) is 5.32 Å². The van der Waals surface area contributed by atoms with Gasteiger partial charge in [0, 0.05) is 38.1 Å². The molecule has 25 heavy (non-hydrogen) atoms. The maximum Gasteiger partial charge on any atom is 0.245 e. The van der Waals surface area contributed by atoms with Crippen molar-refractivity contribution in [1.82, 2.24) is 9.62 Å². The van der Waals surface area contributed by atoms with Gasteiger partial charge in [-0.15, -0.1) is 0 Å². The predicted molar refractivity (Wildman–Crippen MR) is 95.0 cm³/mol. The van der Waals surface area contributed by atoms with Crippen LogP contribution in [0.25, 0.3) is 0 Å². The van der Waals surface area contributed by atoms with E-state index in [-0.39, 0.29) is 11.8 Å². The lowest BCUT2D eigenvalue weighted by Gasteiger charge is -2.28. The largest absolute Gasteiger partial charge is 0.311 e. The number of carbonyl (C=O) groups is 2. The molecule has 1 unspecified atom stereocenters. The van der Waals surface area contributed by atoms with Crippen LogP contribution in [0.5, 0.6) is 0 Å². The summed E-state index contributed by atoms with van der Waals surface area (Å²) in [4.78, 5) is 27.8. The van der Waals surface area contributed by atoms with E-state index in [9.17, 15) is 18.0 Å². The van der Waals surface area contributed by atoms with Crippen molar-refractivity contribution in [2.24, 2.45) is 0 Å². The van der Waals surface area contributed by atoms with Crippen LogP contribution in [0.3, 0.4) is 0 Å². The second-order valence-electron chi connectivity index (χ2n) is 6.31. The molecule has 2 aliphatic rings. The Hall–Kier alpha value is -1.97. The first-order valence-electron chi connectivity index (χ1n) is 8.14. The first-order valence-corrected chi connectivity index (χ1v) is 9.99. The van der Waals surface area contributed by atoms with Crippen molar-refractivity contribution >= 4 is 33.2 Å². The molecule has 2 saturated heterocycles. The number of nitrogens with one attached hydrogen (secondary N) is 1. The van der Waals surface area contributed by atoms with Crippen molar-refractivity contribution in [3.05, 3.63) is 24.3 Å². The number of benzene rings is 1. The predicted octanol–water partition coefficient (Wildman–Crippen LogP) is -0.380. The van der Waals surface area contributed by atoms with Crippen LogP contribution in [0, 0.1) is 0 Å². The molecule has 2 fully saturated rings. The Morgan fingerprint density at radius 3 is 2.24 bits per heavy atom. The molecule has 2 amide bonds. The fourth-order valence-corrected chi connectivity index (χ4v) is 3.84. The summed E-state index contributed by atoms with van der Waals surface area (Å²) in [6.45, 7) is 2.15. The summed E-state index contributed by atoms with van der Waals surface area (Å²) >= 11 is 0. The van der Waals surface area contributed by atoms with Crippen molar-refractivity contribution < 1.29 is 18.0 Å². The lowest BCUT2D eigenvalue weighted by molar-refractivity contribution is -0.120. The highest BCUT2D eigenvalue weighted by Gasteiger charge is 2.38. The molecule has 0 aliphatic carbocycles. The molecule has 1 aromatic carbocycles. The molecule has 0 radical (unpaired) electrons. The molecule has 0 saturated carbocycles. The fraction of sp³-hybridized carbons (Fsp3) is 0.500. The summed E-state index contributed by atoms with van der Waals surface area (Å²) in [5.41, 5.74) is 1.51. The summed E-state index contributed by atoms with van der Waals surface area (Å²) in [6, 6.07) is 6.57. The molecular formula is C16H22N4O4S. The zero-order valence-electron chi connectivity index (χ0n) is 14.3. The number of amides is 2. The van der Waals surface area contributed by atoms with Gasteiger partial charge in [0.15, 0.2) is 0 Å². The van der Waals surface area contributed by atoms with Crippen LogP contribution in [-0.4, -0.2) is 70.1 Å². The molecule has 8 nitrogen and oxygen atoms in total. The lowest BCUT2D eigenvalue weighted by atomic mass is 10.2. The summed E-state index contributed by atoms with van der Waals surface area (Å²) in [5, 5.41) is 3.03. The highest BCUT2D eigenvalue weighted by Crippen LogP contribution is 2.27. The fourth-order valence-electron chi connectivity index (χ4n) is 3.18. The number of carbonyl (C=O) groups excluding carboxylic acids is 2. The van der Waals surface area contributed by atoms with Crippen molar-refractivity contribution in [3.63, 3.8) is 0 Å². The monoisotopic (exact) mass is 366 g/mol. The number of sulfonamides is 1. The van der Waals surface area contributed by atoms with Crippen molar-refractivity contribution in [3.8, 4) is 0 Å². The number of anilines is 2. The van der Waals surface area contributed by atoms with E-state index in [0.29, 0.717) is 31.7 Å². The average Bonchev–Trinajstić information content (AvgIpc) is 2.95. The molecule has 2 heterocycles. The smallest absolute Gasteiger partial charge is 0.245 e. The van der Waals surface area contributed by atoms with Crippen LogP contribution in [0.1, 0.15) is 6.42 Å². The number of hydrogen-bond donors (Lipinski definition) is 1. The maximum absolute atomic E-state index is 12.6. The second kappa shape index (κ2) is 6.74. The molecule has 3 rings (SSSR count). The molecular weight excluding hydrogens is 344 g/mol. The highest BCUT2D eigenvalue weighted by atomic mass is 32.2. The number of likely N-dealkylation sites (N-methyl/N-ethyl adjacent to an activating group) is 1. The molecule has 136 valence electrons.